The molecule has 2 atom stereocenters. The van der Waals surface area contributed by atoms with Crippen LogP contribution in [-0.2, 0) is 4.79 Å². The van der Waals surface area contributed by atoms with Gasteiger partial charge in [0.2, 0.25) is 0 Å². The van der Waals surface area contributed by atoms with Crippen molar-refractivity contribution in [3.05, 3.63) is 70.8 Å². The highest BCUT2D eigenvalue weighted by molar-refractivity contribution is 5.75. The van der Waals surface area contributed by atoms with Gasteiger partial charge in [-0.2, -0.15) is 0 Å². The molecule has 0 saturated heterocycles. The smallest absolute Gasteiger partial charge is 0.325 e. The Bertz CT molecular complexity index is 622. The lowest BCUT2D eigenvalue weighted by molar-refractivity contribution is -0.139. The van der Waals surface area contributed by atoms with E-state index in [2.05, 4.69) is 31.3 Å². The molecule has 21 heavy (non-hydrogen) atoms. The van der Waals surface area contributed by atoms with Crippen molar-refractivity contribution in [2.24, 2.45) is 0 Å². The zero-order chi connectivity index (χ0) is 15.4. The largest absolute Gasteiger partial charge is 0.480 e. The molecule has 3 heteroatoms. The predicted molar refractivity (Wildman–Crippen MR) is 84.3 cm³/mol. The number of rotatable bonds is 5. The van der Waals surface area contributed by atoms with Gasteiger partial charge in [-0.05, 0) is 43.0 Å². The summed E-state index contributed by atoms with van der Waals surface area (Å²) in [5, 5.41) is 12.7. The highest BCUT2D eigenvalue weighted by Gasteiger charge is 2.22. The molecule has 0 aliphatic heterocycles. The zero-order valence-corrected chi connectivity index (χ0v) is 12.6. The minimum atomic E-state index is -0.864. The van der Waals surface area contributed by atoms with Gasteiger partial charge in [-0.25, -0.2) is 0 Å². The number of aliphatic carboxylic acids is 1. The van der Waals surface area contributed by atoms with Crippen molar-refractivity contribution < 1.29 is 9.90 Å². The fraction of sp³-hybridized carbons (Fsp3) is 0.278. The first-order chi connectivity index (χ1) is 9.99. The molecule has 2 unspecified atom stereocenters. The van der Waals surface area contributed by atoms with Crippen LogP contribution in [0.15, 0.2) is 48.5 Å². The van der Waals surface area contributed by atoms with E-state index in [-0.39, 0.29) is 6.04 Å². The first-order valence-corrected chi connectivity index (χ1v) is 7.10. The number of nitrogens with one attached hydrogen (secondary N) is 1. The van der Waals surface area contributed by atoms with E-state index in [4.69, 9.17) is 0 Å². The first kappa shape index (κ1) is 15.3. The summed E-state index contributed by atoms with van der Waals surface area (Å²) in [6, 6.07) is 14.7. The van der Waals surface area contributed by atoms with Gasteiger partial charge in [-0.15, -0.1) is 0 Å². The Morgan fingerprint density at radius 2 is 1.67 bits per heavy atom. The number of aryl methyl sites for hydroxylation is 2. The number of carboxylic acid groups (broad SMARTS) is 1. The van der Waals surface area contributed by atoms with E-state index in [0.717, 1.165) is 11.1 Å². The van der Waals surface area contributed by atoms with Crippen molar-refractivity contribution in [2.45, 2.75) is 32.9 Å². The average molecular weight is 283 g/mol. The van der Waals surface area contributed by atoms with Gasteiger partial charge in [0.15, 0.2) is 0 Å². The van der Waals surface area contributed by atoms with Crippen LogP contribution in [0.2, 0.25) is 0 Å². The molecular formula is C18H21NO2. The number of carbonyl (C=O) groups is 1. The molecule has 0 aliphatic rings. The third-order valence-electron chi connectivity index (χ3n) is 3.83. The Morgan fingerprint density at radius 1 is 1.00 bits per heavy atom. The summed E-state index contributed by atoms with van der Waals surface area (Å²) in [5.41, 5.74) is 4.32. The van der Waals surface area contributed by atoms with E-state index in [1.54, 1.807) is 0 Å². The van der Waals surface area contributed by atoms with E-state index in [9.17, 15) is 9.90 Å². The van der Waals surface area contributed by atoms with E-state index in [1.165, 1.54) is 11.1 Å². The van der Waals surface area contributed by atoms with Crippen LogP contribution >= 0.6 is 0 Å². The van der Waals surface area contributed by atoms with Gasteiger partial charge in [0.25, 0.3) is 0 Å². The van der Waals surface area contributed by atoms with Crippen LogP contribution in [0.5, 0.6) is 0 Å². The van der Waals surface area contributed by atoms with Crippen molar-refractivity contribution in [1.82, 2.24) is 5.32 Å². The van der Waals surface area contributed by atoms with Gasteiger partial charge in [0.1, 0.15) is 6.04 Å². The lowest BCUT2D eigenvalue weighted by Crippen LogP contribution is -2.30. The van der Waals surface area contributed by atoms with Gasteiger partial charge in [0.05, 0.1) is 0 Å². The molecule has 2 aromatic rings. The van der Waals surface area contributed by atoms with E-state index in [1.807, 2.05) is 43.3 Å². The normalized spacial score (nSPS) is 13.7. The van der Waals surface area contributed by atoms with E-state index >= 15 is 0 Å². The first-order valence-electron chi connectivity index (χ1n) is 7.10. The molecule has 2 rings (SSSR count). The second kappa shape index (κ2) is 6.55. The average Bonchev–Trinajstić information content (AvgIpc) is 2.48. The van der Waals surface area contributed by atoms with Crippen LogP contribution in [0, 0.1) is 13.8 Å². The summed E-state index contributed by atoms with van der Waals surface area (Å²) in [6.07, 6.45) is 0. The minimum Gasteiger partial charge on any atom is -0.480 e. The quantitative estimate of drug-likeness (QED) is 0.878. The topological polar surface area (TPSA) is 49.3 Å². The summed E-state index contributed by atoms with van der Waals surface area (Å²) in [4.78, 5) is 11.5. The second-order valence-corrected chi connectivity index (χ2v) is 5.41. The molecule has 0 bridgehead atoms. The molecular weight excluding hydrogens is 262 g/mol. The van der Waals surface area contributed by atoms with Crippen molar-refractivity contribution in [1.29, 1.82) is 0 Å². The molecule has 0 aliphatic carbocycles. The minimum absolute atomic E-state index is 0.0365. The summed E-state index contributed by atoms with van der Waals surface area (Å²) in [6.45, 7) is 6.13. The summed E-state index contributed by atoms with van der Waals surface area (Å²) in [5.74, 6) is -0.864. The summed E-state index contributed by atoms with van der Waals surface area (Å²) >= 11 is 0. The van der Waals surface area contributed by atoms with Crippen molar-refractivity contribution in [2.75, 3.05) is 0 Å². The number of hydrogen-bond donors (Lipinski definition) is 2. The van der Waals surface area contributed by atoms with Gasteiger partial charge in [-0.1, -0.05) is 48.5 Å². The molecule has 0 aromatic heterocycles. The summed E-state index contributed by atoms with van der Waals surface area (Å²) in [7, 11) is 0. The maximum absolute atomic E-state index is 11.5. The number of carboxylic acids is 1. The SMILES string of the molecule is Cc1ccc(C(C)NC(C(=O)O)c2ccccc2)cc1C. The number of benzene rings is 2. The molecule has 0 amide bonds. The molecule has 2 N–H and O–H groups in total. The molecule has 3 nitrogen and oxygen atoms in total. The van der Waals surface area contributed by atoms with Crippen LogP contribution in [0.4, 0.5) is 0 Å². The molecule has 0 radical (unpaired) electrons. The Labute approximate surface area is 125 Å². The third kappa shape index (κ3) is 3.70. The number of hydrogen-bond acceptors (Lipinski definition) is 2. The van der Waals surface area contributed by atoms with E-state index < -0.39 is 12.0 Å². The molecule has 0 spiro atoms. The van der Waals surface area contributed by atoms with E-state index in [0.29, 0.717) is 0 Å². The maximum Gasteiger partial charge on any atom is 0.325 e. The Morgan fingerprint density at radius 3 is 2.24 bits per heavy atom. The highest BCUT2D eigenvalue weighted by Crippen LogP contribution is 2.21. The van der Waals surface area contributed by atoms with Crippen LogP contribution in [0.25, 0.3) is 0 Å². The van der Waals surface area contributed by atoms with Gasteiger partial charge < -0.3 is 5.11 Å². The van der Waals surface area contributed by atoms with Crippen LogP contribution < -0.4 is 5.32 Å². The molecule has 2 aromatic carbocycles. The van der Waals surface area contributed by atoms with Crippen molar-refractivity contribution in [3.8, 4) is 0 Å². The van der Waals surface area contributed by atoms with Crippen LogP contribution in [0.1, 0.15) is 41.3 Å². The fourth-order valence-electron chi connectivity index (χ4n) is 2.34. The third-order valence-corrected chi connectivity index (χ3v) is 3.83. The fourth-order valence-corrected chi connectivity index (χ4v) is 2.34. The zero-order valence-electron chi connectivity index (χ0n) is 12.6. The van der Waals surface area contributed by atoms with Crippen molar-refractivity contribution in [3.63, 3.8) is 0 Å². The molecule has 0 fully saturated rings. The predicted octanol–water partition coefficient (Wildman–Crippen LogP) is 3.78. The van der Waals surface area contributed by atoms with Crippen molar-refractivity contribution >= 4 is 5.97 Å². The Hall–Kier alpha value is -2.13. The monoisotopic (exact) mass is 283 g/mol. The second-order valence-electron chi connectivity index (χ2n) is 5.41. The highest BCUT2D eigenvalue weighted by atomic mass is 16.4. The maximum atomic E-state index is 11.5. The van der Waals surface area contributed by atoms with Gasteiger partial charge in [0, 0.05) is 6.04 Å². The van der Waals surface area contributed by atoms with Gasteiger partial charge in [-0.3, -0.25) is 10.1 Å². The molecule has 110 valence electrons. The lowest BCUT2D eigenvalue weighted by Gasteiger charge is -2.21. The summed E-state index contributed by atoms with van der Waals surface area (Å²) < 4.78 is 0. The lowest BCUT2D eigenvalue weighted by atomic mass is 10.00. The Balaban J connectivity index is 2.20. The van der Waals surface area contributed by atoms with Crippen LogP contribution in [0.3, 0.4) is 0 Å². The van der Waals surface area contributed by atoms with Gasteiger partial charge >= 0.3 is 5.97 Å². The standard InChI is InChI=1S/C18H21NO2/c1-12-9-10-16(11-13(12)2)14(3)19-17(18(20)21)15-7-5-4-6-8-15/h4-11,14,17,19H,1-3H3,(H,20,21). The molecule has 0 saturated carbocycles. The Kier molecular flexibility index (Phi) is 4.76. The molecule has 0 heterocycles. The van der Waals surface area contributed by atoms with Crippen LogP contribution in [-0.4, -0.2) is 11.1 Å².